The first-order chi connectivity index (χ1) is 10.2. The lowest BCUT2D eigenvalue weighted by molar-refractivity contribution is 0.0888. The van der Waals surface area contributed by atoms with Gasteiger partial charge in [-0.15, -0.1) is 0 Å². The van der Waals surface area contributed by atoms with Gasteiger partial charge in [-0.05, 0) is 56.3 Å². The van der Waals surface area contributed by atoms with E-state index in [1.807, 2.05) is 18.2 Å². The van der Waals surface area contributed by atoms with Crippen LogP contribution in [0.3, 0.4) is 0 Å². The van der Waals surface area contributed by atoms with Gasteiger partial charge in [0.1, 0.15) is 0 Å². The Morgan fingerprint density at radius 1 is 1.14 bits per heavy atom. The number of Topliss-reactive ketones (excluding diaryl/α,β-unsaturated/α-hetero) is 1. The van der Waals surface area contributed by atoms with E-state index < -0.39 is 0 Å². The third kappa shape index (κ3) is 3.67. The standard InChI is InChI=1S/C18H24ClNO/c19-16-5-3-4-15(14-16)17(21)6-11-20-12-9-18(10-13-20)7-1-2-8-18/h3-5,14H,1-2,6-13H2. The molecule has 1 aliphatic heterocycles. The lowest BCUT2D eigenvalue weighted by atomic mass is 9.77. The number of piperidine rings is 1. The lowest BCUT2D eigenvalue weighted by Gasteiger charge is -2.39. The van der Waals surface area contributed by atoms with Crippen LogP contribution in [0.5, 0.6) is 0 Å². The Balaban J connectivity index is 1.47. The average Bonchev–Trinajstić information content (AvgIpc) is 2.95. The molecule has 0 amide bonds. The summed E-state index contributed by atoms with van der Waals surface area (Å²) >= 11 is 5.94. The number of rotatable bonds is 4. The highest BCUT2D eigenvalue weighted by molar-refractivity contribution is 6.31. The summed E-state index contributed by atoms with van der Waals surface area (Å²) in [7, 11) is 0. The Hall–Kier alpha value is -0.860. The first-order valence-corrected chi connectivity index (χ1v) is 8.56. The number of likely N-dealkylation sites (tertiary alicyclic amines) is 1. The fourth-order valence-electron chi connectivity index (χ4n) is 3.94. The molecule has 0 N–H and O–H groups in total. The minimum absolute atomic E-state index is 0.207. The molecule has 3 heteroatoms. The molecule has 0 unspecified atom stereocenters. The maximum absolute atomic E-state index is 12.2. The van der Waals surface area contributed by atoms with E-state index in [4.69, 9.17) is 11.6 Å². The van der Waals surface area contributed by atoms with Crippen LogP contribution in [0.2, 0.25) is 5.02 Å². The van der Waals surface area contributed by atoms with E-state index >= 15 is 0 Å². The molecular formula is C18H24ClNO. The largest absolute Gasteiger partial charge is 0.303 e. The van der Waals surface area contributed by atoms with Crippen molar-refractivity contribution in [3.63, 3.8) is 0 Å². The molecular weight excluding hydrogens is 282 g/mol. The minimum atomic E-state index is 0.207. The van der Waals surface area contributed by atoms with Crippen molar-refractivity contribution in [3.05, 3.63) is 34.9 Å². The highest BCUT2D eigenvalue weighted by atomic mass is 35.5. The van der Waals surface area contributed by atoms with Crippen molar-refractivity contribution in [2.75, 3.05) is 19.6 Å². The van der Waals surface area contributed by atoms with Crippen LogP contribution in [-0.2, 0) is 0 Å². The van der Waals surface area contributed by atoms with Crippen LogP contribution in [0, 0.1) is 5.41 Å². The molecule has 2 aliphatic rings. The van der Waals surface area contributed by atoms with Gasteiger partial charge in [-0.3, -0.25) is 4.79 Å². The maximum atomic E-state index is 12.2. The molecule has 1 aromatic rings. The van der Waals surface area contributed by atoms with Crippen LogP contribution >= 0.6 is 11.6 Å². The van der Waals surface area contributed by atoms with Crippen molar-refractivity contribution in [1.29, 1.82) is 0 Å². The molecule has 21 heavy (non-hydrogen) atoms. The molecule has 0 atom stereocenters. The van der Waals surface area contributed by atoms with Crippen molar-refractivity contribution in [2.45, 2.75) is 44.9 Å². The number of hydrogen-bond acceptors (Lipinski definition) is 2. The van der Waals surface area contributed by atoms with Gasteiger partial charge in [0.25, 0.3) is 0 Å². The lowest BCUT2D eigenvalue weighted by Crippen LogP contribution is -2.39. The second kappa shape index (κ2) is 6.50. The highest BCUT2D eigenvalue weighted by Crippen LogP contribution is 2.46. The Morgan fingerprint density at radius 2 is 1.86 bits per heavy atom. The van der Waals surface area contributed by atoms with Gasteiger partial charge in [0.05, 0.1) is 0 Å². The zero-order valence-corrected chi connectivity index (χ0v) is 13.4. The van der Waals surface area contributed by atoms with Crippen LogP contribution in [0.4, 0.5) is 0 Å². The first-order valence-electron chi connectivity index (χ1n) is 8.18. The fourth-order valence-corrected chi connectivity index (χ4v) is 4.13. The fraction of sp³-hybridized carbons (Fsp3) is 0.611. The zero-order chi connectivity index (χ0) is 14.7. The minimum Gasteiger partial charge on any atom is -0.303 e. The Labute approximate surface area is 132 Å². The number of hydrogen-bond donors (Lipinski definition) is 0. The molecule has 1 heterocycles. The van der Waals surface area contributed by atoms with Gasteiger partial charge in [-0.25, -0.2) is 0 Å². The monoisotopic (exact) mass is 305 g/mol. The van der Waals surface area contributed by atoms with E-state index in [1.54, 1.807) is 6.07 Å². The number of benzene rings is 1. The van der Waals surface area contributed by atoms with Crippen molar-refractivity contribution < 1.29 is 4.79 Å². The van der Waals surface area contributed by atoms with Gasteiger partial charge in [-0.2, -0.15) is 0 Å². The summed E-state index contributed by atoms with van der Waals surface area (Å²) in [5.74, 6) is 0.207. The molecule has 0 aromatic heterocycles. The first kappa shape index (κ1) is 15.1. The predicted octanol–water partition coefficient (Wildman–Crippen LogP) is 4.57. The van der Waals surface area contributed by atoms with Gasteiger partial charge in [0.2, 0.25) is 0 Å². The van der Waals surface area contributed by atoms with Crippen molar-refractivity contribution >= 4 is 17.4 Å². The van der Waals surface area contributed by atoms with Crippen LogP contribution in [0.25, 0.3) is 0 Å². The maximum Gasteiger partial charge on any atom is 0.164 e. The summed E-state index contributed by atoms with van der Waals surface area (Å²) in [5.41, 5.74) is 1.40. The average molecular weight is 306 g/mol. The topological polar surface area (TPSA) is 20.3 Å². The normalized spacial score (nSPS) is 21.8. The van der Waals surface area contributed by atoms with E-state index in [0.29, 0.717) is 16.9 Å². The van der Waals surface area contributed by atoms with E-state index in [2.05, 4.69) is 4.90 Å². The summed E-state index contributed by atoms with van der Waals surface area (Å²) in [5, 5.41) is 0.641. The van der Waals surface area contributed by atoms with E-state index in [0.717, 1.165) is 12.1 Å². The van der Waals surface area contributed by atoms with E-state index in [-0.39, 0.29) is 5.78 Å². The summed E-state index contributed by atoms with van der Waals surface area (Å²) < 4.78 is 0. The highest BCUT2D eigenvalue weighted by Gasteiger charge is 2.36. The van der Waals surface area contributed by atoms with E-state index in [1.165, 1.54) is 51.6 Å². The van der Waals surface area contributed by atoms with Crippen LogP contribution in [0.1, 0.15) is 55.3 Å². The number of ketones is 1. The molecule has 0 radical (unpaired) electrons. The van der Waals surface area contributed by atoms with Crippen LogP contribution < -0.4 is 0 Å². The van der Waals surface area contributed by atoms with Gasteiger partial charge in [0, 0.05) is 23.6 Å². The molecule has 1 aromatic carbocycles. The van der Waals surface area contributed by atoms with Gasteiger partial charge in [-0.1, -0.05) is 36.6 Å². The zero-order valence-electron chi connectivity index (χ0n) is 12.6. The Kier molecular flexibility index (Phi) is 4.66. The molecule has 0 bridgehead atoms. The molecule has 1 saturated carbocycles. The summed E-state index contributed by atoms with van der Waals surface area (Å²) in [6, 6.07) is 7.29. The smallest absolute Gasteiger partial charge is 0.164 e. The van der Waals surface area contributed by atoms with Gasteiger partial charge < -0.3 is 4.90 Å². The van der Waals surface area contributed by atoms with Crippen molar-refractivity contribution in [3.8, 4) is 0 Å². The van der Waals surface area contributed by atoms with E-state index in [9.17, 15) is 4.79 Å². The third-order valence-corrected chi connectivity index (χ3v) is 5.62. The second-order valence-electron chi connectivity index (χ2n) is 6.73. The second-order valence-corrected chi connectivity index (χ2v) is 7.17. The molecule has 1 aliphatic carbocycles. The van der Waals surface area contributed by atoms with Gasteiger partial charge in [0.15, 0.2) is 5.78 Å². The summed E-state index contributed by atoms with van der Waals surface area (Å²) in [4.78, 5) is 14.7. The quantitative estimate of drug-likeness (QED) is 0.760. The van der Waals surface area contributed by atoms with Gasteiger partial charge >= 0.3 is 0 Å². The molecule has 3 rings (SSSR count). The molecule has 1 saturated heterocycles. The van der Waals surface area contributed by atoms with Crippen LogP contribution in [0.15, 0.2) is 24.3 Å². The van der Waals surface area contributed by atoms with Crippen LogP contribution in [-0.4, -0.2) is 30.3 Å². The molecule has 1 spiro atoms. The predicted molar refractivity (Wildman–Crippen MR) is 87.0 cm³/mol. The Bertz CT molecular complexity index is 498. The number of carbonyl (C=O) groups is 1. The summed E-state index contributed by atoms with van der Waals surface area (Å²) in [6.07, 6.45) is 8.98. The number of nitrogens with zero attached hydrogens (tertiary/aromatic N) is 1. The van der Waals surface area contributed by atoms with Crippen molar-refractivity contribution in [2.24, 2.45) is 5.41 Å². The number of halogens is 1. The SMILES string of the molecule is O=C(CCN1CCC2(CCCC2)CC1)c1cccc(Cl)c1. The molecule has 2 fully saturated rings. The third-order valence-electron chi connectivity index (χ3n) is 5.38. The van der Waals surface area contributed by atoms with Crippen molar-refractivity contribution in [1.82, 2.24) is 4.90 Å². The Morgan fingerprint density at radius 3 is 2.52 bits per heavy atom. The molecule has 114 valence electrons. The summed E-state index contributed by atoms with van der Waals surface area (Å²) in [6.45, 7) is 3.23. The molecule has 2 nitrogen and oxygen atoms in total. The number of carbonyl (C=O) groups excluding carboxylic acids is 1.